The van der Waals surface area contributed by atoms with Gasteiger partial charge in [0.25, 0.3) is 0 Å². The molecule has 5 atom stereocenters. The van der Waals surface area contributed by atoms with Crippen LogP contribution in [0.15, 0.2) is 59.6 Å². The van der Waals surface area contributed by atoms with E-state index in [1.54, 1.807) is 36.4 Å². The van der Waals surface area contributed by atoms with Gasteiger partial charge in [0.1, 0.15) is 29.9 Å². The molecule has 0 spiro atoms. The molecular weight excluding hydrogens is 696 g/mol. The van der Waals surface area contributed by atoms with E-state index in [1.807, 2.05) is 19.9 Å². The number of phenols is 1. The lowest BCUT2D eigenvalue weighted by Gasteiger charge is -2.28. The Hall–Kier alpha value is -5.71. The van der Waals surface area contributed by atoms with E-state index in [1.165, 1.54) is 17.0 Å². The van der Waals surface area contributed by atoms with Crippen LogP contribution in [0.25, 0.3) is 0 Å². The van der Waals surface area contributed by atoms with Gasteiger partial charge in [0.2, 0.25) is 35.4 Å². The number of phenolic OH excluding ortho intramolecular Hbond substituents is 1. The Kier molecular flexibility index (Phi) is 16.7. The fourth-order valence-corrected chi connectivity index (χ4v) is 6.08. The van der Waals surface area contributed by atoms with Crippen LogP contribution in [0.4, 0.5) is 0 Å². The number of benzene rings is 2. The summed E-state index contributed by atoms with van der Waals surface area (Å²) in [7, 11) is 0. The molecule has 0 bridgehead atoms. The number of aliphatic imine (C=N–C) groups is 1. The Morgan fingerprint density at radius 1 is 0.833 bits per heavy atom. The van der Waals surface area contributed by atoms with E-state index in [-0.39, 0.29) is 62.9 Å². The van der Waals surface area contributed by atoms with Crippen molar-refractivity contribution >= 4 is 41.4 Å². The fraction of sp³-hybridized carbons (Fsp3) is 0.486. The van der Waals surface area contributed by atoms with E-state index in [2.05, 4.69) is 26.3 Å². The van der Waals surface area contributed by atoms with Crippen LogP contribution in [-0.4, -0.2) is 101 Å². The van der Waals surface area contributed by atoms with Crippen molar-refractivity contribution in [3.05, 3.63) is 65.7 Å². The molecule has 0 radical (unpaired) electrons. The van der Waals surface area contributed by atoms with E-state index in [4.69, 9.17) is 22.9 Å². The molecule has 17 nitrogen and oxygen atoms in total. The number of nitrogens with two attached hydrogens (primary N) is 4. The number of likely N-dealkylation sites (tertiary alicyclic amines) is 1. The van der Waals surface area contributed by atoms with Gasteiger partial charge in [-0.25, -0.2) is 0 Å². The number of primary amides is 1. The zero-order chi connectivity index (χ0) is 39.8. The van der Waals surface area contributed by atoms with E-state index in [0.717, 1.165) is 11.1 Å². The lowest BCUT2D eigenvalue weighted by Crippen LogP contribution is -2.58. The molecule has 17 heteroatoms. The van der Waals surface area contributed by atoms with Crippen molar-refractivity contribution in [3.63, 3.8) is 0 Å². The van der Waals surface area contributed by atoms with Crippen molar-refractivity contribution in [3.8, 4) is 5.75 Å². The minimum Gasteiger partial charge on any atom is -0.508 e. The minimum atomic E-state index is -1.14. The van der Waals surface area contributed by atoms with Crippen molar-refractivity contribution < 1.29 is 33.9 Å². The highest BCUT2D eigenvalue weighted by Crippen LogP contribution is 2.19. The molecule has 13 N–H and O–H groups in total. The lowest BCUT2D eigenvalue weighted by molar-refractivity contribution is -0.140. The van der Waals surface area contributed by atoms with Crippen LogP contribution < -0.4 is 44.2 Å². The monoisotopic (exact) mass is 750 g/mol. The van der Waals surface area contributed by atoms with Crippen LogP contribution in [0.2, 0.25) is 0 Å². The maximum absolute atomic E-state index is 13.9. The van der Waals surface area contributed by atoms with Gasteiger partial charge in [-0.1, -0.05) is 56.3 Å². The second-order valence-electron chi connectivity index (χ2n) is 13.8. The molecule has 0 saturated carbocycles. The van der Waals surface area contributed by atoms with Gasteiger partial charge in [0.05, 0.1) is 12.6 Å². The second-order valence-corrected chi connectivity index (χ2v) is 13.8. The topological polar surface area (TPSA) is 290 Å². The molecule has 1 fully saturated rings. The lowest BCUT2D eigenvalue weighted by atomic mass is 10.00. The number of carbonyl (C=O) groups excluding carboxylic acids is 6. The molecule has 1 aliphatic heterocycles. The molecule has 1 saturated heterocycles. The Morgan fingerprint density at radius 2 is 1.46 bits per heavy atom. The summed E-state index contributed by atoms with van der Waals surface area (Å²) in [5.74, 6) is -3.68. The minimum absolute atomic E-state index is 0.0435. The molecule has 3 rings (SSSR count). The molecule has 1 heterocycles. The third-order valence-electron chi connectivity index (χ3n) is 8.88. The van der Waals surface area contributed by atoms with Crippen molar-refractivity contribution in [1.82, 2.24) is 26.2 Å². The van der Waals surface area contributed by atoms with Crippen molar-refractivity contribution in [2.45, 2.75) is 89.0 Å². The quantitative estimate of drug-likeness (QED) is 0.0436. The number of aromatic hydroxyl groups is 1. The summed E-state index contributed by atoms with van der Waals surface area (Å²) >= 11 is 0. The first-order valence-electron chi connectivity index (χ1n) is 18.0. The molecular formula is C37H54N10O7. The van der Waals surface area contributed by atoms with E-state index in [9.17, 15) is 33.9 Å². The molecule has 294 valence electrons. The number of hydrogen-bond donors (Lipinski definition) is 9. The average Bonchev–Trinajstić information content (AvgIpc) is 3.62. The number of amides is 6. The SMILES string of the molecule is CC(C)C[C@H](NC(=O)[C@H](Cc1ccccc1)NC(=O)[C@@H]1CCCN1C(=O)CNC(=O)[C@@H](N)Cc1ccc(O)cc1)C(=O)N[C@@H](CCCN=C(N)N)C(N)=O. The maximum Gasteiger partial charge on any atom is 0.243 e. The highest BCUT2D eigenvalue weighted by atomic mass is 16.3. The highest BCUT2D eigenvalue weighted by Gasteiger charge is 2.37. The molecule has 2 aromatic carbocycles. The summed E-state index contributed by atoms with van der Waals surface area (Å²) < 4.78 is 0. The molecule has 1 aliphatic rings. The van der Waals surface area contributed by atoms with Crippen LogP contribution in [0.3, 0.4) is 0 Å². The van der Waals surface area contributed by atoms with Crippen LogP contribution in [0.1, 0.15) is 57.1 Å². The molecule has 0 aromatic heterocycles. The third kappa shape index (κ3) is 14.0. The summed E-state index contributed by atoms with van der Waals surface area (Å²) in [6, 6.07) is 10.2. The van der Waals surface area contributed by atoms with Crippen LogP contribution >= 0.6 is 0 Å². The number of rotatable bonds is 20. The number of hydrogen-bond acceptors (Lipinski definition) is 9. The number of nitrogens with zero attached hydrogens (tertiary/aromatic N) is 2. The highest BCUT2D eigenvalue weighted by molar-refractivity contribution is 5.96. The van der Waals surface area contributed by atoms with Crippen molar-refractivity contribution in [1.29, 1.82) is 0 Å². The fourth-order valence-electron chi connectivity index (χ4n) is 6.08. The standard InChI is InChI=1S/C37H54N10O7/c1-22(2)18-28(34(52)44-27(32(39)50)10-6-16-42-37(40)41)45-35(53)29(20-23-8-4-3-5-9-23)46-36(54)30-11-7-17-47(30)31(49)21-43-33(51)26(38)19-24-12-14-25(48)15-13-24/h3-5,8-9,12-15,22,26-30,48H,6-7,10-11,16-21,38H2,1-2H3,(H2,39,50)(H,43,51)(H,44,52)(H,45,53)(H,46,54)(H4,40,41,42)/t26-,27-,28-,29-,30-/m0/s1. The largest absolute Gasteiger partial charge is 0.508 e. The Labute approximate surface area is 315 Å². The average molecular weight is 751 g/mol. The summed E-state index contributed by atoms with van der Waals surface area (Å²) in [5, 5.41) is 20.2. The summed E-state index contributed by atoms with van der Waals surface area (Å²) in [4.78, 5) is 84.5. The van der Waals surface area contributed by atoms with Crippen molar-refractivity contribution in [2.75, 3.05) is 19.6 Å². The van der Waals surface area contributed by atoms with Crippen LogP contribution in [0.5, 0.6) is 5.75 Å². The predicted molar refractivity (Wildman–Crippen MR) is 202 cm³/mol. The van der Waals surface area contributed by atoms with Crippen LogP contribution in [-0.2, 0) is 41.6 Å². The summed E-state index contributed by atoms with van der Waals surface area (Å²) in [6.45, 7) is 3.85. The zero-order valence-electron chi connectivity index (χ0n) is 30.8. The normalized spacial score (nSPS) is 16.0. The first kappa shape index (κ1) is 42.7. The number of nitrogens with one attached hydrogen (secondary N) is 4. The number of guanidine groups is 1. The van der Waals surface area contributed by atoms with Gasteiger partial charge in [0, 0.05) is 19.5 Å². The second kappa shape index (κ2) is 21.1. The molecule has 2 aromatic rings. The van der Waals surface area contributed by atoms with E-state index >= 15 is 0 Å². The van der Waals surface area contributed by atoms with Gasteiger partial charge in [-0.05, 0) is 67.7 Å². The molecule has 0 aliphatic carbocycles. The van der Waals surface area contributed by atoms with Gasteiger partial charge < -0.3 is 54.2 Å². The Morgan fingerprint density at radius 3 is 2.09 bits per heavy atom. The first-order chi connectivity index (χ1) is 25.6. The van der Waals surface area contributed by atoms with Crippen LogP contribution in [0, 0.1) is 5.92 Å². The first-order valence-corrected chi connectivity index (χ1v) is 18.0. The predicted octanol–water partition coefficient (Wildman–Crippen LogP) is -1.35. The van der Waals surface area contributed by atoms with Crippen molar-refractivity contribution in [2.24, 2.45) is 33.8 Å². The van der Waals surface area contributed by atoms with Gasteiger partial charge >= 0.3 is 0 Å². The van der Waals surface area contributed by atoms with E-state index < -0.39 is 65.7 Å². The van der Waals surface area contributed by atoms with Gasteiger partial charge in [-0.3, -0.25) is 33.8 Å². The number of carbonyl (C=O) groups is 6. The summed E-state index contributed by atoms with van der Waals surface area (Å²) in [6.07, 6.45) is 1.88. The molecule has 0 unspecified atom stereocenters. The maximum atomic E-state index is 13.9. The smallest absolute Gasteiger partial charge is 0.243 e. The van der Waals surface area contributed by atoms with Gasteiger partial charge in [-0.15, -0.1) is 0 Å². The zero-order valence-corrected chi connectivity index (χ0v) is 30.8. The molecule has 54 heavy (non-hydrogen) atoms. The van der Waals surface area contributed by atoms with E-state index in [0.29, 0.717) is 19.3 Å². The summed E-state index contributed by atoms with van der Waals surface area (Å²) in [5.41, 5.74) is 23.8. The third-order valence-corrected chi connectivity index (χ3v) is 8.88. The van der Waals surface area contributed by atoms with Gasteiger partial charge in [0.15, 0.2) is 5.96 Å². The molecule has 6 amide bonds. The van der Waals surface area contributed by atoms with Gasteiger partial charge in [-0.2, -0.15) is 0 Å². The Balaban J connectivity index is 1.69. The Bertz CT molecular complexity index is 1620.